The molecule has 0 fully saturated rings. The van der Waals surface area contributed by atoms with Gasteiger partial charge in [0.15, 0.2) is 17.2 Å². The Balaban J connectivity index is 1.75. The molecule has 1 N–H and O–H groups in total. The minimum atomic E-state index is -0.582. The molecular weight excluding hydrogens is 425 g/mol. The fraction of sp³-hybridized carbons (Fsp3) is 0.150. The van der Waals surface area contributed by atoms with Gasteiger partial charge < -0.3 is 9.73 Å². The van der Waals surface area contributed by atoms with Crippen LogP contribution in [0.15, 0.2) is 61.7 Å². The molecule has 0 bridgehead atoms. The van der Waals surface area contributed by atoms with E-state index in [-0.39, 0.29) is 33.3 Å². The summed E-state index contributed by atoms with van der Waals surface area (Å²) in [6.45, 7) is 0. The van der Waals surface area contributed by atoms with Crippen LogP contribution in [0.2, 0.25) is 0 Å². The number of benzene rings is 1. The fourth-order valence-electron chi connectivity index (χ4n) is 2.93. The molecule has 31 heavy (non-hydrogen) atoms. The van der Waals surface area contributed by atoms with Crippen LogP contribution in [0.5, 0.6) is 0 Å². The number of halogens is 1. The Morgan fingerprint density at radius 1 is 1.13 bits per heavy atom. The van der Waals surface area contributed by atoms with Crippen molar-refractivity contribution in [1.82, 2.24) is 19.1 Å². The third-order valence-corrected chi connectivity index (χ3v) is 5.47. The minimum absolute atomic E-state index is 0.0511. The summed E-state index contributed by atoms with van der Waals surface area (Å²) in [6, 6.07) is 9.09. The van der Waals surface area contributed by atoms with Crippen molar-refractivity contribution in [3.8, 4) is 11.6 Å². The summed E-state index contributed by atoms with van der Waals surface area (Å²) in [4.78, 5) is 46.2. The lowest BCUT2D eigenvalue weighted by atomic mass is 10.3. The zero-order chi connectivity index (χ0) is 22.1. The summed E-state index contributed by atoms with van der Waals surface area (Å²) < 4.78 is 21.3. The van der Waals surface area contributed by atoms with E-state index in [1.807, 2.05) is 0 Å². The number of para-hydroxylation sites is 1. The molecule has 11 heteroatoms. The fourth-order valence-corrected chi connectivity index (χ4v) is 3.75. The monoisotopic (exact) mass is 441 g/mol. The van der Waals surface area contributed by atoms with E-state index in [4.69, 9.17) is 4.42 Å². The van der Waals surface area contributed by atoms with Crippen LogP contribution in [0.3, 0.4) is 0 Å². The van der Waals surface area contributed by atoms with Crippen molar-refractivity contribution >= 4 is 34.4 Å². The Morgan fingerprint density at radius 2 is 1.90 bits per heavy atom. The molecule has 0 aliphatic heterocycles. The number of anilines is 1. The number of aryl methyl sites for hydroxylation is 1. The number of furan rings is 1. The van der Waals surface area contributed by atoms with Crippen LogP contribution in [0.1, 0.15) is 0 Å². The molecule has 0 radical (unpaired) electrons. The summed E-state index contributed by atoms with van der Waals surface area (Å²) >= 11 is 0.976. The Bertz CT molecular complexity index is 1410. The Hall–Kier alpha value is -3.73. The van der Waals surface area contributed by atoms with Crippen LogP contribution in [0.25, 0.3) is 22.6 Å². The number of nitrogens with one attached hydrogen (secondary N) is 1. The normalized spacial score (nSPS) is 11.1. The highest BCUT2D eigenvalue weighted by molar-refractivity contribution is 8.00. The lowest BCUT2D eigenvalue weighted by Crippen LogP contribution is -2.37. The van der Waals surface area contributed by atoms with E-state index in [9.17, 15) is 18.8 Å². The van der Waals surface area contributed by atoms with E-state index in [0.29, 0.717) is 5.76 Å². The van der Waals surface area contributed by atoms with Gasteiger partial charge in [-0.2, -0.15) is 0 Å². The van der Waals surface area contributed by atoms with E-state index >= 15 is 0 Å². The van der Waals surface area contributed by atoms with Gasteiger partial charge in [-0.05, 0) is 24.3 Å². The Morgan fingerprint density at radius 3 is 2.61 bits per heavy atom. The predicted molar refractivity (Wildman–Crippen MR) is 113 cm³/mol. The van der Waals surface area contributed by atoms with Gasteiger partial charge in [0.25, 0.3) is 5.56 Å². The van der Waals surface area contributed by atoms with Crippen molar-refractivity contribution in [3.05, 3.63) is 69.3 Å². The zero-order valence-electron chi connectivity index (χ0n) is 16.5. The molecule has 4 aromatic rings. The van der Waals surface area contributed by atoms with Crippen LogP contribution in [0.4, 0.5) is 10.1 Å². The van der Waals surface area contributed by atoms with Gasteiger partial charge >= 0.3 is 5.69 Å². The molecule has 0 saturated heterocycles. The highest BCUT2D eigenvalue weighted by Gasteiger charge is 2.20. The Kier molecular flexibility index (Phi) is 5.42. The van der Waals surface area contributed by atoms with Crippen molar-refractivity contribution < 1.29 is 13.6 Å². The van der Waals surface area contributed by atoms with Gasteiger partial charge in [0.2, 0.25) is 5.91 Å². The van der Waals surface area contributed by atoms with Crippen LogP contribution < -0.4 is 16.6 Å². The first-order valence-corrected chi connectivity index (χ1v) is 10.0. The standard InChI is InChI=1S/C20H16FN5O4S/c1-25-17-15(19(28)26(2)20(25)29)18(24-16(23-17)13-8-5-9-30-13)31-10-14(27)22-12-7-4-3-6-11(12)21/h3-9H,10H2,1-2H3,(H,22,27). The maximum atomic E-state index is 13.8. The number of carbonyl (C=O) groups is 1. The highest BCUT2D eigenvalue weighted by Crippen LogP contribution is 2.26. The SMILES string of the molecule is Cn1c(=O)c2c(SCC(=O)Nc3ccccc3F)nc(-c3ccco3)nc2n(C)c1=O. The number of thioether (sulfide) groups is 1. The number of amides is 1. The third kappa shape index (κ3) is 3.87. The van der Waals surface area contributed by atoms with Crippen molar-refractivity contribution in [3.63, 3.8) is 0 Å². The molecule has 0 atom stereocenters. The Labute approximate surface area is 178 Å². The summed E-state index contributed by atoms with van der Waals surface area (Å²) in [5.41, 5.74) is -0.960. The predicted octanol–water partition coefficient (Wildman–Crippen LogP) is 2.16. The smallest absolute Gasteiger partial charge is 0.332 e. The van der Waals surface area contributed by atoms with Gasteiger partial charge in [-0.3, -0.25) is 18.7 Å². The van der Waals surface area contributed by atoms with E-state index < -0.39 is 23.0 Å². The number of hydrogen-bond acceptors (Lipinski definition) is 7. The largest absolute Gasteiger partial charge is 0.461 e. The van der Waals surface area contributed by atoms with Gasteiger partial charge in [-0.1, -0.05) is 23.9 Å². The van der Waals surface area contributed by atoms with Gasteiger partial charge in [-0.15, -0.1) is 0 Å². The van der Waals surface area contributed by atoms with E-state index in [2.05, 4.69) is 15.3 Å². The first-order chi connectivity index (χ1) is 14.9. The molecule has 9 nitrogen and oxygen atoms in total. The molecule has 0 saturated carbocycles. The van der Waals surface area contributed by atoms with E-state index in [1.165, 1.54) is 43.1 Å². The van der Waals surface area contributed by atoms with Crippen molar-refractivity contribution in [2.75, 3.05) is 11.1 Å². The second-order valence-electron chi connectivity index (χ2n) is 6.55. The molecular formula is C20H16FN5O4S. The van der Waals surface area contributed by atoms with E-state index in [0.717, 1.165) is 16.3 Å². The molecule has 3 aromatic heterocycles. The van der Waals surface area contributed by atoms with Gasteiger partial charge in [0, 0.05) is 14.1 Å². The van der Waals surface area contributed by atoms with Crippen LogP contribution in [-0.4, -0.2) is 30.8 Å². The average molecular weight is 441 g/mol. The quantitative estimate of drug-likeness (QED) is 0.373. The number of carbonyl (C=O) groups excluding carboxylic acids is 1. The van der Waals surface area contributed by atoms with Gasteiger partial charge in [0.05, 0.1) is 17.7 Å². The first kappa shape index (κ1) is 20.5. The lowest BCUT2D eigenvalue weighted by molar-refractivity contribution is -0.113. The number of aromatic nitrogens is 4. The molecule has 1 amide bonds. The van der Waals surface area contributed by atoms with Gasteiger partial charge in [0.1, 0.15) is 16.2 Å². The molecule has 158 valence electrons. The summed E-state index contributed by atoms with van der Waals surface area (Å²) in [5.74, 6) is -0.685. The zero-order valence-corrected chi connectivity index (χ0v) is 17.3. The highest BCUT2D eigenvalue weighted by atomic mass is 32.2. The second kappa shape index (κ2) is 8.19. The van der Waals surface area contributed by atoms with Crippen LogP contribution in [0, 0.1) is 5.82 Å². The van der Waals surface area contributed by atoms with Crippen molar-refractivity contribution in [2.45, 2.75) is 5.03 Å². The average Bonchev–Trinajstić information content (AvgIpc) is 3.31. The number of nitrogens with zero attached hydrogens (tertiary/aromatic N) is 4. The summed E-state index contributed by atoms with van der Waals surface area (Å²) in [7, 11) is 2.84. The number of rotatable bonds is 5. The first-order valence-electron chi connectivity index (χ1n) is 9.05. The second-order valence-corrected chi connectivity index (χ2v) is 7.51. The minimum Gasteiger partial charge on any atom is -0.461 e. The van der Waals surface area contributed by atoms with E-state index in [1.54, 1.807) is 18.2 Å². The van der Waals surface area contributed by atoms with Gasteiger partial charge in [-0.25, -0.2) is 19.2 Å². The number of hydrogen-bond donors (Lipinski definition) is 1. The molecule has 0 spiro atoms. The maximum absolute atomic E-state index is 13.8. The third-order valence-electron chi connectivity index (χ3n) is 4.50. The maximum Gasteiger partial charge on any atom is 0.332 e. The summed E-state index contributed by atoms with van der Waals surface area (Å²) in [5, 5.41) is 2.79. The molecule has 0 aliphatic carbocycles. The van der Waals surface area contributed by atoms with Crippen LogP contribution in [-0.2, 0) is 18.9 Å². The molecule has 0 aliphatic rings. The molecule has 1 aromatic carbocycles. The van der Waals surface area contributed by atoms with Crippen molar-refractivity contribution in [2.24, 2.45) is 14.1 Å². The topological polar surface area (TPSA) is 112 Å². The van der Waals surface area contributed by atoms with Crippen molar-refractivity contribution in [1.29, 1.82) is 0 Å². The van der Waals surface area contributed by atoms with Crippen LogP contribution >= 0.6 is 11.8 Å². The number of fused-ring (bicyclic) bond motifs is 1. The summed E-state index contributed by atoms with van der Waals surface area (Å²) in [6.07, 6.45) is 1.45. The molecule has 0 unspecified atom stereocenters. The lowest BCUT2D eigenvalue weighted by Gasteiger charge is -2.11. The molecule has 3 heterocycles. The molecule has 4 rings (SSSR count).